The third-order valence-electron chi connectivity index (χ3n) is 7.59. The molecule has 4 rings (SSSR count). The summed E-state index contributed by atoms with van der Waals surface area (Å²) in [6, 6.07) is 0.807. The molecule has 1 aromatic carbocycles. The van der Waals surface area contributed by atoms with E-state index >= 15 is 0 Å². The number of Topliss-reactive ketones (excluding diaryl/α,β-unsaturated/α-hetero) is 2. The van der Waals surface area contributed by atoms with Crippen LogP contribution in [0.25, 0.3) is 5.76 Å². The molecule has 178 valence electrons. The first-order valence-corrected chi connectivity index (χ1v) is 10.8. The molecule has 3 aliphatic rings. The molecule has 0 bridgehead atoms. The first-order chi connectivity index (χ1) is 15.4. The molecule has 0 aliphatic heterocycles. The highest BCUT2D eigenvalue weighted by Gasteiger charge is 2.67. The van der Waals surface area contributed by atoms with Crippen molar-refractivity contribution in [1.29, 1.82) is 0 Å². The quantitative estimate of drug-likeness (QED) is 0.305. The average molecular weight is 459 g/mol. The highest BCUT2D eigenvalue weighted by molar-refractivity contribution is 6.25. The number of benzene rings is 1. The number of carbonyl (C=O) groups excluding carboxylic acids is 3. The van der Waals surface area contributed by atoms with Gasteiger partial charge in [0, 0.05) is 24.1 Å². The van der Waals surface area contributed by atoms with Gasteiger partial charge >= 0.3 is 0 Å². The number of nitrogens with two attached hydrogens (primary N) is 2. The van der Waals surface area contributed by atoms with Crippen molar-refractivity contribution < 1.29 is 34.8 Å². The topological polar surface area (TPSA) is 187 Å². The number of ketones is 2. The lowest BCUT2D eigenvalue weighted by atomic mass is 9.54. The van der Waals surface area contributed by atoms with Gasteiger partial charge in [0.2, 0.25) is 11.7 Å². The number of aryl methyl sites for hydroxylation is 1. The van der Waals surface area contributed by atoms with Crippen molar-refractivity contribution in [3.63, 3.8) is 0 Å². The number of phenols is 1. The van der Waals surface area contributed by atoms with Crippen molar-refractivity contribution in [2.24, 2.45) is 29.2 Å². The molecular formula is C23H29N3O7. The van der Waals surface area contributed by atoms with E-state index in [1.807, 2.05) is 0 Å². The zero-order valence-electron chi connectivity index (χ0n) is 18.7. The summed E-state index contributed by atoms with van der Waals surface area (Å²) in [5.74, 6) is -7.47. The van der Waals surface area contributed by atoms with Crippen molar-refractivity contribution in [2.45, 2.75) is 44.1 Å². The molecule has 33 heavy (non-hydrogen) atoms. The van der Waals surface area contributed by atoms with E-state index in [4.69, 9.17) is 11.5 Å². The third-order valence-corrected chi connectivity index (χ3v) is 7.59. The molecule has 0 saturated heterocycles. The number of nitrogens with zero attached hydrogens (tertiary/aromatic N) is 1. The van der Waals surface area contributed by atoms with Crippen LogP contribution in [-0.4, -0.2) is 74.6 Å². The second-order valence-corrected chi connectivity index (χ2v) is 9.55. The summed E-state index contributed by atoms with van der Waals surface area (Å²) in [5.41, 5.74) is 10.3. The minimum Gasteiger partial charge on any atom is -0.507 e. The number of fused-ring (bicyclic) bond motifs is 3. The van der Waals surface area contributed by atoms with Crippen LogP contribution in [0.2, 0.25) is 0 Å². The molecule has 1 amide bonds. The lowest BCUT2D eigenvalue weighted by Gasteiger charge is -2.53. The zero-order valence-corrected chi connectivity index (χ0v) is 18.7. The summed E-state index contributed by atoms with van der Waals surface area (Å²) < 4.78 is 0. The maximum Gasteiger partial charge on any atom is 0.230 e. The van der Waals surface area contributed by atoms with Crippen LogP contribution in [0, 0.1) is 24.7 Å². The van der Waals surface area contributed by atoms with E-state index < -0.39 is 58.7 Å². The molecule has 8 N–H and O–H groups in total. The number of aromatic hydroxyl groups is 1. The summed E-state index contributed by atoms with van der Waals surface area (Å²) in [4.78, 5) is 40.5. The van der Waals surface area contributed by atoms with E-state index in [9.17, 15) is 34.8 Å². The molecular weight excluding hydrogens is 430 g/mol. The molecule has 10 heteroatoms. The Balaban J connectivity index is 1.95. The Kier molecular flexibility index (Phi) is 5.40. The van der Waals surface area contributed by atoms with E-state index in [0.29, 0.717) is 16.7 Å². The largest absolute Gasteiger partial charge is 0.507 e. The molecule has 0 heterocycles. The number of carbonyl (C=O) groups is 3. The fraction of sp³-hybridized carbons (Fsp3) is 0.522. The third kappa shape index (κ3) is 2.98. The number of aliphatic hydroxyl groups is 3. The van der Waals surface area contributed by atoms with Gasteiger partial charge in [-0.2, -0.15) is 0 Å². The zero-order chi connectivity index (χ0) is 24.6. The Morgan fingerprint density at radius 2 is 1.91 bits per heavy atom. The van der Waals surface area contributed by atoms with E-state index in [-0.39, 0.29) is 36.3 Å². The predicted octanol–water partition coefficient (Wildman–Crippen LogP) is -1.10. The average Bonchev–Trinajstić information content (AvgIpc) is 2.72. The van der Waals surface area contributed by atoms with Gasteiger partial charge in [-0.1, -0.05) is 6.07 Å². The second kappa shape index (κ2) is 7.63. The van der Waals surface area contributed by atoms with Gasteiger partial charge in [-0.3, -0.25) is 14.4 Å². The molecule has 2 unspecified atom stereocenters. The van der Waals surface area contributed by atoms with Gasteiger partial charge in [-0.05, 0) is 56.5 Å². The maximum atomic E-state index is 13.7. The minimum absolute atomic E-state index is 0.0657. The summed E-state index contributed by atoms with van der Waals surface area (Å²) in [7, 11) is 3.22. The molecule has 10 nitrogen and oxygen atoms in total. The van der Waals surface area contributed by atoms with Gasteiger partial charge in [0.25, 0.3) is 0 Å². The lowest BCUT2D eigenvalue weighted by molar-refractivity contribution is -0.184. The van der Waals surface area contributed by atoms with Crippen molar-refractivity contribution in [3.8, 4) is 5.75 Å². The predicted molar refractivity (Wildman–Crippen MR) is 117 cm³/mol. The summed E-state index contributed by atoms with van der Waals surface area (Å²) in [6.45, 7) is 1.79. The number of amides is 1. The van der Waals surface area contributed by atoms with Crippen LogP contribution in [0.15, 0.2) is 11.6 Å². The normalized spacial score (nSPS) is 33.6. The molecule has 1 aromatic rings. The van der Waals surface area contributed by atoms with Gasteiger partial charge < -0.3 is 36.8 Å². The number of hydrogen-bond donors (Lipinski definition) is 6. The van der Waals surface area contributed by atoms with E-state index in [0.717, 1.165) is 0 Å². The van der Waals surface area contributed by atoms with Crippen LogP contribution in [0.5, 0.6) is 5.75 Å². The van der Waals surface area contributed by atoms with Crippen LogP contribution in [0.3, 0.4) is 0 Å². The first kappa shape index (κ1) is 23.4. The smallest absolute Gasteiger partial charge is 0.230 e. The molecule has 2 fully saturated rings. The van der Waals surface area contributed by atoms with Crippen molar-refractivity contribution in [3.05, 3.63) is 33.9 Å². The molecule has 0 spiro atoms. The summed E-state index contributed by atoms with van der Waals surface area (Å²) in [5, 5.41) is 44.2. The van der Waals surface area contributed by atoms with Gasteiger partial charge in [0.05, 0.1) is 11.7 Å². The maximum absolute atomic E-state index is 13.7. The molecule has 0 aromatic heterocycles. The Bertz CT molecular complexity index is 1110. The Labute approximate surface area is 190 Å². The standard InChI is InChI=1S/C23H29N3O7/c1-8-4-10(7-24)11-5-9-6-12-16(26(2)3)19(29)15(22(25)32)21(31)23(12,33)20(30)13(9)18(28)14(11)17(8)27/h4,9,12,15-16,19,27-29,33H,5-7,24H2,1-3H3,(H2,25,32)/t9-,12-,15?,16-,19?,23-/m1/s1. The van der Waals surface area contributed by atoms with E-state index in [1.165, 1.54) is 0 Å². The first-order valence-electron chi connectivity index (χ1n) is 10.8. The number of phenolic OH excluding ortho intramolecular Hbond substituents is 1. The molecule has 6 atom stereocenters. The number of likely N-dealkylation sites (N-methyl/N-ethyl adjacent to an activating group) is 1. The van der Waals surface area contributed by atoms with Gasteiger partial charge in [-0.25, -0.2) is 0 Å². The van der Waals surface area contributed by atoms with Crippen molar-refractivity contribution in [1.82, 2.24) is 4.90 Å². The monoisotopic (exact) mass is 459 g/mol. The molecule has 0 radical (unpaired) electrons. The van der Waals surface area contributed by atoms with Crippen LogP contribution < -0.4 is 11.5 Å². The van der Waals surface area contributed by atoms with Crippen LogP contribution in [0.1, 0.15) is 28.7 Å². The molecule has 2 saturated carbocycles. The Morgan fingerprint density at radius 1 is 1.27 bits per heavy atom. The SMILES string of the molecule is Cc1cc(CN)c2c(c1O)C(O)=C1C(=O)[C@@]3(O)C(=O)C(C(N)=O)C(O)[C@H](N(C)C)[C@H]3C[C@H]1C2. The van der Waals surface area contributed by atoms with Gasteiger partial charge in [-0.15, -0.1) is 0 Å². The van der Waals surface area contributed by atoms with Crippen LogP contribution >= 0.6 is 0 Å². The number of hydrogen-bond acceptors (Lipinski definition) is 9. The number of primary amides is 1. The molecule has 3 aliphatic carbocycles. The fourth-order valence-electron chi connectivity index (χ4n) is 6.08. The fourth-order valence-corrected chi connectivity index (χ4v) is 6.08. The lowest BCUT2D eigenvalue weighted by Crippen LogP contribution is -2.73. The number of aliphatic hydroxyl groups excluding tert-OH is 2. The van der Waals surface area contributed by atoms with Crippen molar-refractivity contribution in [2.75, 3.05) is 14.1 Å². The Morgan fingerprint density at radius 3 is 2.45 bits per heavy atom. The van der Waals surface area contributed by atoms with Crippen LogP contribution in [0.4, 0.5) is 0 Å². The van der Waals surface area contributed by atoms with Gasteiger partial charge in [0.15, 0.2) is 11.4 Å². The van der Waals surface area contributed by atoms with Crippen molar-refractivity contribution >= 4 is 23.2 Å². The van der Waals surface area contributed by atoms with E-state index in [2.05, 4.69) is 0 Å². The highest BCUT2D eigenvalue weighted by Crippen LogP contribution is 2.52. The second-order valence-electron chi connectivity index (χ2n) is 9.55. The Hall–Kier alpha value is -2.79. The van der Waals surface area contributed by atoms with Crippen LogP contribution in [-0.2, 0) is 27.3 Å². The van der Waals surface area contributed by atoms with E-state index in [1.54, 1.807) is 32.0 Å². The summed E-state index contributed by atoms with van der Waals surface area (Å²) in [6.07, 6.45) is -1.18. The summed E-state index contributed by atoms with van der Waals surface area (Å²) >= 11 is 0. The minimum atomic E-state index is -2.65. The number of rotatable bonds is 3. The highest BCUT2D eigenvalue weighted by atomic mass is 16.3. The van der Waals surface area contributed by atoms with Gasteiger partial charge in [0.1, 0.15) is 17.4 Å².